The first kappa shape index (κ1) is 10.2. The molecule has 0 amide bonds. The van der Waals surface area contributed by atoms with E-state index in [9.17, 15) is 13.2 Å². The summed E-state index contributed by atoms with van der Waals surface area (Å²) in [5.74, 6) is 0.194. The van der Waals surface area contributed by atoms with Crippen LogP contribution in [0.3, 0.4) is 0 Å². The van der Waals surface area contributed by atoms with E-state index in [1.165, 1.54) is 18.2 Å². The molecule has 0 bridgehead atoms. The number of thioether (sulfide) groups is 1. The molecule has 15 heavy (non-hydrogen) atoms. The van der Waals surface area contributed by atoms with E-state index in [4.69, 9.17) is 5.73 Å². The molecule has 0 aliphatic heterocycles. The first-order valence-electron chi connectivity index (χ1n) is 3.95. The van der Waals surface area contributed by atoms with Crippen LogP contribution >= 0.6 is 11.8 Å². The standard InChI is InChI=1S/C8H6F3N3S/c9-8(10,11)15-4-1-2-5-6(3-4)14-7(12)13-5/h1-3H,(H3,12,13,14). The summed E-state index contributed by atoms with van der Waals surface area (Å²) >= 11 is -0.164. The van der Waals surface area contributed by atoms with Gasteiger partial charge in [0.2, 0.25) is 0 Å². The van der Waals surface area contributed by atoms with Crippen molar-refractivity contribution in [2.45, 2.75) is 10.4 Å². The maximum absolute atomic E-state index is 12.1. The van der Waals surface area contributed by atoms with Crippen LogP contribution in [0.4, 0.5) is 19.1 Å². The van der Waals surface area contributed by atoms with Crippen LogP contribution in [0.15, 0.2) is 23.1 Å². The number of nitrogens with one attached hydrogen (secondary N) is 1. The highest BCUT2D eigenvalue weighted by Gasteiger charge is 2.29. The second kappa shape index (κ2) is 3.34. The molecule has 0 aliphatic rings. The number of aromatic nitrogens is 2. The summed E-state index contributed by atoms with van der Waals surface area (Å²) in [6, 6.07) is 4.23. The van der Waals surface area contributed by atoms with E-state index in [1.54, 1.807) is 0 Å². The number of alkyl halides is 3. The quantitative estimate of drug-likeness (QED) is 0.744. The number of nitrogen functional groups attached to an aromatic ring is 1. The van der Waals surface area contributed by atoms with Gasteiger partial charge < -0.3 is 10.7 Å². The van der Waals surface area contributed by atoms with E-state index in [0.717, 1.165) is 0 Å². The Bertz CT molecular complexity index is 491. The van der Waals surface area contributed by atoms with Crippen molar-refractivity contribution < 1.29 is 13.2 Å². The molecule has 1 heterocycles. The fourth-order valence-corrected chi connectivity index (χ4v) is 1.79. The highest BCUT2D eigenvalue weighted by molar-refractivity contribution is 8.00. The van der Waals surface area contributed by atoms with Crippen LogP contribution in [-0.2, 0) is 0 Å². The Morgan fingerprint density at radius 3 is 2.73 bits per heavy atom. The maximum atomic E-state index is 12.1. The lowest BCUT2D eigenvalue weighted by Gasteiger charge is -2.04. The third-order valence-electron chi connectivity index (χ3n) is 1.71. The second-order valence-electron chi connectivity index (χ2n) is 2.85. The molecule has 0 spiro atoms. The lowest BCUT2D eigenvalue weighted by atomic mass is 10.3. The number of nitrogens with zero attached hydrogens (tertiary/aromatic N) is 1. The molecule has 3 N–H and O–H groups in total. The highest BCUT2D eigenvalue weighted by atomic mass is 32.2. The van der Waals surface area contributed by atoms with Gasteiger partial charge in [0.1, 0.15) is 0 Å². The molecule has 0 aliphatic carbocycles. The van der Waals surface area contributed by atoms with Crippen molar-refractivity contribution in [3.63, 3.8) is 0 Å². The van der Waals surface area contributed by atoms with Crippen LogP contribution in [0, 0.1) is 0 Å². The molecule has 0 saturated carbocycles. The Kier molecular flexibility index (Phi) is 2.26. The van der Waals surface area contributed by atoms with Crippen molar-refractivity contribution in [3.05, 3.63) is 18.2 Å². The predicted octanol–water partition coefficient (Wildman–Crippen LogP) is 2.76. The number of hydrogen-bond donors (Lipinski definition) is 2. The van der Waals surface area contributed by atoms with Crippen molar-refractivity contribution in [2.75, 3.05) is 5.73 Å². The summed E-state index contributed by atoms with van der Waals surface area (Å²) in [4.78, 5) is 6.66. The van der Waals surface area contributed by atoms with E-state index in [-0.39, 0.29) is 22.6 Å². The van der Waals surface area contributed by atoms with Gasteiger partial charge in [-0.15, -0.1) is 0 Å². The maximum Gasteiger partial charge on any atom is 0.446 e. The van der Waals surface area contributed by atoms with E-state index in [1.807, 2.05) is 0 Å². The lowest BCUT2D eigenvalue weighted by Crippen LogP contribution is -1.98. The second-order valence-corrected chi connectivity index (χ2v) is 3.99. The van der Waals surface area contributed by atoms with Crippen molar-refractivity contribution in [2.24, 2.45) is 0 Å². The highest BCUT2D eigenvalue weighted by Crippen LogP contribution is 2.37. The number of hydrogen-bond acceptors (Lipinski definition) is 3. The van der Waals surface area contributed by atoms with Gasteiger partial charge in [-0.25, -0.2) is 4.98 Å². The molecule has 7 heteroatoms. The van der Waals surface area contributed by atoms with Crippen LogP contribution in [0.5, 0.6) is 0 Å². The zero-order valence-electron chi connectivity index (χ0n) is 7.30. The van der Waals surface area contributed by atoms with Gasteiger partial charge in [0.05, 0.1) is 11.0 Å². The Hall–Kier alpha value is -1.37. The number of imidazole rings is 1. The van der Waals surface area contributed by atoms with Crippen LogP contribution in [0.2, 0.25) is 0 Å². The minimum atomic E-state index is -4.28. The first-order valence-corrected chi connectivity index (χ1v) is 4.77. The molecular weight excluding hydrogens is 227 g/mol. The van der Waals surface area contributed by atoms with E-state index in [2.05, 4.69) is 9.97 Å². The topological polar surface area (TPSA) is 54.7 Å². The van der Waals surface area contributed by atoms with Crippen molar-refractivity contribution in [3.8, 4) is 0 Å². The summed E-state index contributed by atoms with van der Waals surface area (Å²) in [6.07, 6.45) is 0. The van der Waals surface area contributed by atoms with Crippen LogP contribution < -0.4 is 5.73 Å². The van der Waals surface area contributed by atoms with Crippen molar-refractivity contribution >= 4 is 28.7 Å². The Labute approximate surface area is 86.9 Å². The third-order valence-corrected chi connectivity index (χ3v) is 2.43. The van der Waals surface area contributed by atoms with E-state index in [0.29, 0.717) is 11.0 Å². The van der Waals surface area contributed by atoms with Crippen LogP contribution in [0.1, 0.15) is 0 Å². The number of halogens is 3. The van der Waals surface area contributed by atoms with Gasteiger partial charge in [-0.05, 0) is 30.0 Å². The molecule has 3 nitrogen and oxygen atoms in total. The largest absolute Gasteiger partial charge is 0.446 e. The number of anilines is 1. The summed E-state index contributed by atoms with van der Waals surface area (Å²) < 4.78 is 36.2. The Morgan fingerprint density at radius 2 is 2.07 bits per heavy atom. The molecule has 0 atom stereocenters. The molecule has 1 aromatic heterocycles. The van der Waals surface area contributed by atoms with Gasteiger partial charge in [-0.3, -0.25) is 0 Å². The smallest absolute Gasteiger partial charge is 0.369 e. The Balaban J connectivity index is 2.38. The monoisotopic (exact) mass is 233 g/mol. The molecular formula is C8H6F3N3S. The van der Waals surface area contributed by atoms with Gasteiger partial charge in [0, 0.05) is 4.90 Å². The van der Waals surface area contributed by atoms with Crippen molar-refractivity contribution in [1.82, 2.24) is 9.97 Å². The van der Waals surface area contributed by atoms with Crippen molar-refractivity contribution in [1.29, 1.82) is 0 Å². The number of nitrogens with two attached hydrogens (primary N) is 1. The predicted molar refractivity (Wildman–Crippen MR) is 52.4 cm³/mol. The summed E-state index contributed by atoms with van der Waals surface area (Å²) in [6.45, 7) is 0. The van der Waals surface area contributed by atoms with Gasteiger partial charge in [0.15, 0.2) is 5.95 Å². The zero-order valence-corrected chi connectivity index (χ0v) is 8.12. The van der Waals surface area contributed by atoms with Crippen LogP contribution in [0.25, 0.3) is 11.0 Å². The SMILES string of the molecule is Nc1nc2ccc(SC(F)(F)F)cc2[nH]1. The third kappa shape index (κ3) is 2.35. The minimum absolute atomic E-state index is 0.110. The summed E-state index contributed by atoms with van der Waals surface area (Å²) in [7, 11) is 0. The minimum Gasteiger partial charge on any atom is -0.369 e. The van der Waals surface area contributed by atoms with E-state index < -0.39 is 5.51 Å². The fourth-order valence-electron chi connectivity index (χ4n) is 1.21. The first-order chi connectivity index (χ1) is 6.94. The van der Waals surface area contributed by atoms with Crippen LogP contribution in [-0.4, -0.2) is 15.5 Å². The lowest BCUT2D eigenvalue weighted by molar-refractivity contribution is -0.0328. The Morgan fingerprint density at radius 1 is 1.33 bits per heavy atom. The normalized spacial score (nSPS) is 12.2. The number of H-pyrrole nitrogens is 1. The van der Waals surface area contributed by atoms with Gasteiger partial charge in [-0.1, -0.05) is 0 Å². The van der Waals surface area contributed by atoms with E-state index >= 15 is 0 Å². The molecule has 2 rings (SSSR count). The average Bonchev–Trinajstić information content (AvgIpc) is 2.40. The van der Waals surface area contributed by atoms with Gasteiger partial charge in [0.25, 0.3) is 0 Å². The molecule has 0 radical (unpaired) electrons. The number of benzene rings is 1. The molecule has 0 fully saturated rings. The van der Waals surface area contributed by atoms with Gasteiger partial charge >= 0.3 is 5.51 Å². The number of aromatic amines is 1. The molecule has 0 saturated heterocycles. The zero-order chi connectivity index (χ0) is 11.1. The summed E-state index contributed by atoms with van der Waals surface area (Å²) in [5, 5.41) is 0. The van der Waals surface area contributed by atoms with Gasteiger partial charge in [-0.2, -0.15) is 13.2 Å². The summed E-state index contributed by atoms with van der Waals surface area (Å²) in [5.41, 5.74) is 2.15. The number of fused-ring (bicyclic) bond motifs is 1. The number of rotatable bonds is 1. The molecule has 2 aromatic rings. The molecule has 80 valence electrons. The molecule has 0 unspecified atom stereocenters. The average molecular weight is 233 g/mol. The molecule has 1 aromatic carbocycles. The fraction of sp³-hybridized carbons (Fsp3) is 0.125.